The van der Waals surface area contributed by atoms with Crippen molar-refractivity contribution < 1.29 is 4.79 Å². The molecule has 0 saturated heterocycles. The van der Waals surface area contributed by atoms with Crippen LogP contribution in [-0.2, 0) is 4.79 Å². The Kier molecular flexibility index (Phi) is 4.80. The zero-order chi connectivity index (χ0) is 13.7. The first kappa shape index (κ1) is 13.9. The van der Waals surface area contributed by atoms with Gasteiger partial charge >= 0.3 is 0 Å². The molecular formula is C15H23N3O. The van der Waals surface area contributed by atoms with E-state index in [-0.39, 0.29) is 11.8 Å². The van der Waals surface area contributed by atoms with Crippen molar-refractivity contribution in [3.8, 4) is 0 Å². The molecule has 0 spiro atoms. The Morgan fingerprint density at radius 1 is 1.21 bits per heavy atom. The fourth-order valence-corrected chi connectivity index (χ4v) is 1.89. The molecule has 1 fully saturated rings. The van der Waals surface area contributed by atoms with Crippen LogP contribution in [0.15, 0.2) is 24.3 Å². The van der Waals surface area contributed by atoms with E-state index in [1.54, 1.807) is 0 Å². The minimum absolute atomic E-state index is 0.159. The highest BCUT2D eigenvalue weighted by Gasteiger charge is 2.29. The summed E-state index contributed by atoms with van der Waals surface area (Å²) in [5, 5.41) is 6.32. The predicted octanol–water partition coefficient (Wildman–Crippen LogP) is 2.40. The van der Waals surface area contributed by atoms with E-state index in [0.29, 0.717) is 0 Å². The van der Waals surface area contributed by atoms with Gasteiger partial charge in [-0.25, -0.2) is 0 Å². The van der Waals surface area contributed by atoms with Gasteiger partial charge in [-0.15, -0.1) is 0 Å². The van der Waals surface area contributed by atoms with Gasteiger partial charge in [0.15, 0.2) is 0 Å². The second-order valence-corrected chi connectivity index (χ2v) is 5.42. The summed E-state index contributed by atoms with van der Waals surface area (Å²) in [7, 11) is 4.16. The number of rotatable bonds is 7. The van der Waals surface area contributed by atoms with Crippen molar-refractivity contribution in [2.75, 3.05) is 37.8 Å². The fourth-order valence-electron chi connectivity index (χ4n) is 1.89. The molecule has 1 aliphatic carbocycles. The first-order valence-corrected chi connectivity index (χ1v) is 6.94. The van der Waals surface area contributed by atoms with Crippen LogP contribution in [0.5, 0.6) is 0 Å². The van der Waals surface area contributed by atoms with Gasteiger partial charge < -0.3 is 15.5 Å². The van der Waals surface area contributed by atoms with Crippen molar-refractivity contribution in [3.63, 3.8) is 0 Å². The second kappa shape index (κ2) is 6.57. The highest BCUT2D eigenvalue weighted by atomic mass is 16.2. The lowest BCUT2D eigenvalue weighted by atomic mass is 10.2. The van der Waals surface area contributed by atoms with Crippen LogP contribution in [0.2, 0.25) is 0 Å². The minimum Gasteiger partial charge on any atom is -0.385 e. The molecule has 1 amide bonds. The Morgan fingerprint density at radius 3 is 2.42 bits per heavy atom. The van der Waals surface area contributed by atoms with Crippen LogP contribution in [0.1, 0.15) is 19.3 Å². The number of nitrogens with one attached hydrogen (secondary N) is 2. The molecule has 0 aliphatic heterocycles. The zero-order valence-electron chi connectivity index (χ0n) is 11.8. The standard InChI is InChI=1S/C15H23N3O/c1-18(2)11-3-10-16-13-6-8-14(9-7-13)17-15(19)12-4-5-12/h6-9,12,16H,3-5,10-11H2,1-2H3,(H,17,19). The third kappa shape index (κ3) is 4.91. The lowest BCUT2D eigenvalue weighted by Gasteiger charge is -2.11. The largest absolute Gasteiger partial charge is 0.385 e. The molecule has 0 aromatic heterocycles. The van der Waals surface area contributed by atoms with E-state index in [2.05, 4.69) is 29.6 Å². The molecular weight excluding hydrogens is 238 g/mol. The zero-order valence-corrected chi connectivity index (χ0v) is 11.8. The van der Waals surface area contributed by atoms with E-state index < -0.39 is 0 Å². The van der Waals surface area contributed by atoms with Crippen LogP contribution in [0.3, 0.4) is 0 Å². The molecule has 0 atom stereocenters. The molecule has 2 rings (SSSR count). The number of amides is 1. The van der Waals surface area contributed by atoms with Gasteiger partial charge in [0.2, 0.25) is 5.91 Å². The Bertz CT molecular complexity index is 410. The summed E-state index contributed by atoms with van der Waals surface area (Å²) in [6.45, 7) is 2.05. The Morgan fingerprint density at radius 2 is 1.84 bits per heavy atom. The van der Waals surface area contributed by atoms with Gasteiger partial charge in [0.05, 0.1) is 0 Å². The Labute approximate surface area is 115 Å². The second-order valence-electron chi connectivity index (χ2n) is 5.42. The van der Waals surface area contributed by atoms with Crippen molar-refractivity contribution in [3.05, 3.63) is 24.3 Å². The van der Waals surface area contributed by atoms with Crippen LogP contribution in [0.4, 0.5) is 11.4 Å². The average molecular weight is 261 g/mol. The SMILES string of the molecule is CN(C)CCCNc1ccc(NC(=O)C2CC2)cc1. The number of carbonyl (C=O) groups excluding carboxylic acids is 1. The number of hydrogen-bond acceptors (Lipinski definition) is 3. The number of benzene rings is 1. The van der Waals surface area contributed by atoms with E-state index >= 15 is 0 Å². The highest BCUT2D eigenvalue weighted by Crippen LogP contribution is 2.30. The topological polar surface area (TPSA) is 44.4 Å². The summed E-state index contributed by atoms with van der Waals surface area (Å²) >= 11 is 0. The van der Waals surface area contributed by atoms with Crippen LogP contribution < -0.4 is 10.6 Å². The summed E-state index contributed by atoms with van der Waals surface area (Å²) in [6.07, 6.45) is 3.20. The molecule has 4 heteroatoms. The van der Waals surface area contributed by atoms with Gasteiger partial charge in [0, 0.05) is 23.8 Å². The summed E-state index contributed by atoms with van der Waals surface area (Å²) in [6, 6.07) is 7.93. The van der Waals surface area contributed by atoms with E-state index in [0.717, 1.165) is 43.7 Å². The van der Waals surface area contributed by atoms with Crippen LogP contribution in [0, 0.1) is 5.92 Å². The van der Waals surface area contributed by atoms with Gasteiger partial charge in [-0.3, -0.25) is 4.79 Å². The molecule has 19 heavy (non-hydrogen) atoms. The molecule has 104 valence electrons. The van der Waals surface area contributed by atoms with Crippen molar-refractivity contribution in [2.45, 2.75) is 19.3 Å². The molecule has 1 aliphatic rings. The van der Waals surface area contributed by atoms with Gasteiger partial charge in [-0.1, -0.05) is 0 Å². The Balaban J connectivity index is 1.72. The van der Waals surface area contributed by atoms with Gasteiger partial charge in [0.1, 0.15) is 0 Å². The third-order valence-corrected chi connectivity index (χ3v) is 3.21. The van der Waals surface area contributed by atoms with Crippen molar-refractivity contribution in [1.29, 1.82) is 0 Å². The lowest BCUT2D eigenvalue weighted by Crippen LogP contribution is -2.16. The van der Waals surface area contributed by atoms with E-state index in [4.69, 9.17) is 0 Å². The molecule has 0 unspecified atom stereocenters. The molecule has 1 aromatic carbocycles. The minimum atomic E-state index is 0.159. The summed E-state index contributed by atoms with van der Waals surface area (Å²) < 4.78 is 0. The molecule has 0 radical (unpaired) electrons. The maximum atomic E-state index is 11.6. The average Bonchev–Trinajstić information content (AvgIpc) is 3.20. The maximum Gasteiger partial charge on any atom is 0.227 e. The number of nitrogens with zero attached hydrogens (tertiary/aromatic N) is 1. The first-order valence-electron chi connectivity index (χ1n) is 6.94. The quantitative estimate of drug-likeness (QED) is 0.741. The van der Waals surface area contributed by atoms with Crippen LogP contribution in [-0.4, -0.2) is 38.0 Å². The molecule has 4 nitrogen and oxygen atoms in total. The van der Waals surface area contributed by atoms with Gasteiger partial charge in [0.25, 0.3) is 0 Å². The summed E-state index contributed by atoms with van der Waals surface area (Å²) in [5.74, 6) is 0.413. The normalized spacial score (nSPS) is 14.5. The number of carbonyl (C=O) groups is 1. The third-order valence-electron chi connectivity index (χ3n) is 3.21. The first-order chi connectivity index (χ1) is 9.15. The van der Waals surface area contributed by atoms with Crippen molar-refractivity contribution in [2.24, 2.45) is 5.92 Å². The number of anilines is 2. The lowest BCUT2D eigenvalue weighted by molar-refractivity contribution is -0.117. The van der Waals surface area contributed by atoms with Crippen molar-refractivity contribution >= 4 is 17.3 Å². The summed E-state index contributed by atoms with van der Waals surface area (Å²) in [5.41, 5.74) is 1.99. The highest BCUT2D eigenvalue weighted by molar-refractivity contribution is 5.94. The fraction of sp³-hybridized carbons (Fsp3) is 0.533. The van der Waals surface area contributed by atoms with Crippen molar-refractivity contribution in [1.82, 2.24) is 4.90 Å². The van der Waals surface area contributed by atoms with E-state index in [1.165, 1.54) is 0 Å². The molecule has 1 saturated carbocycles. The van der Waals surface area contributed by atoms with E-state index in [1.807, 2.05) is 24.3 Å². The molecule has 1 aromatic rings. The van der Waals surface area contributed by atoms with Crippen LogP contribution >= 0.6 is 0 Å². The molecule has 2 N–H and O–H groups in total. The smallest absolute Gasteiger partial charge is 0.227 e. The van der Waals surface area contributed by atoms with Gasteiger partial charge in [-0.2, -0.15) is 0 Å². The Hall–Kier alpha value is -1.55. The maximum absolute atomic E-state index is 11.6. The predicted molar refractivity (Wildman–Crippen MR) is 79.5 cm³/mol. The van der Waals surface area contributed by atoms with Gasteiger partial charge in [-0.05, 0) is 64.2 Å². The molecule has 0 bridgehead atoms. The monoisotopic (exact) mass is 261 g/mol. The summed E-state index contributed by atoms with van der Waals surface area (Å²) in [4.78, 5) is 13.8. The van der Waals surface area contributed by atoms with E-state index in [9.17, 15) is 4.79 Å². The number of hydrogen-bond donors (Lipinski definition) is 2. The van der Waals surface area contributed by atoms with Crippen LogP contribution in [0.25, 0.3) is 0 Å². The molecule has 0 heterocycles.